The van der Waals surface area contributed by atoms with E-state index in [9.17, 15) is 9.18 Å². The first-order valence-corrected chi connectivity index (χ1v) is 11.9. The highest BCUT2D eigenvalue weighted by Crippen LogP contribution is 2.30. The fraction of sp³-hybridized carbons (Fsp3) is 0.0714. The normalized spacial score (nSPS) is 10.9. The molecule has 0 unspecified atom stereocenters. The molecule has 1 amide bonds. The summed E-state index contributed by atoms with van der Waals surface area (Å²) in [5, 5.41) is 2.53. The molecule has 0 spiro atoms. The number of carbonyl (C=O) groups is 1. The maximum atomic E-state index is 14.3. The van der Waals surface area contributed by atoms with E-state index in [1.807, 2.05) is 60.7 Å². The third kappa shape index (κ3) is 5.34. The lowest BCUT2D eigenvalue weighted by atomic mass is 10.1. The number of nitrogens with zero attached hydrogens (tertiary/aromatic N) is 5. The Morgan fingerprint density at radius 3 is 2.27 bits per heavy atom. The summed E-state index contributed by atoms with van der Waals surface area (Å²) in [5.41, 5.74) is 3.75. The van der Waals surface area contributed by atoms with Crippen molar-refractivity contribution in [2.75, 3.05) is 10.2 Å². The van der Waals surface area contributed by atoms with Crippen LogP contribution >= 0.6 is 11.6 Å². The van der Waals surface area contributed by atoms with Crippen molar-refractivity contribution in [3.63, 3.8) is 0 Å². The molecule has 184 valence electrons. The number of hydrogen-bond acceptors (Lipinski definition) is 5. The quantitative estimate of drug-likeness (QED) is 0.206. The zero-order valence-corrected chi connectivity index (χ0v) is 20.4. The molecule has 1 N–H and O–H groups in total. The van der Waals surface area contributed by atoms with Gasteiger partial charge in [0.25, 0.3) is 0 Å². The molecule has 3 aromatic carbocycles. The van der Waals surface area contributed by atoms with Gasteiger partial charge < -0.3 is 10.2 Å². The van der Waals surface area contributed by atoms with Crippen LogP contribution in [0.5, 0.6) is 0 Å². The van der Waals surface area contributed by atoms with Gasteiger partial charge in [-0.1, -0.05) is 67.2 Å². The average Bonchev–Trinajstić information content (AvgIpc) is 3.34. The third-order valence-electron chi connectivity index (χ3n) is 5.75. The molecule has 37 heavy (non-hydrogen) atoms. The van der Waals surface area contributed by atoms with Gasteiger partial charge in [0.15, 0.2) is 17.0 Å². The van der Waals surface area contributed by atoms with Crippen molar-refractivity contribution >= 4 is 40.2 Å². The predicted octanol–water partition coefficient (Wildman–Crippen LogP) is 5.94. The van der Waals surface area contributed by atoms with Crippen LogP contribution in [0.25, 0.3) is 16.9 Å². The van der Waals surface area contributed by atoms with E-state index in [1.54, 1.807) is 17.0 Å². The second-order valence-electron chi connectivity index (χ2n) is 8.29. The largest absolute Gasteiger partial charge is 0.346 e. The smallest absolute Gasteiger partial charge is 0.247 e. The number of aromatic nitrogens is 4. The Bertz CT molecular complexity index is 1530. The number of halogens is 2. The van der Waals surface area contributed by atoms with E-state index in [0.717, 1.165) is 17.2 Å². The van der Waals surface area contributed by atoms with Gasteiger partial charge in [0.2, 0.25) is 11.2 Å². The van der Waals surface area contributed by atoms with Crippen LogP contribution in [-0.2, 0) is 17.9 Å². The Morgan fingerprint density at radius 1 is 1.00 bits per heavy atom. The van der Waals surface area contributed by atoms with Crippen molar-refractivity contribution in [2.45, 2.75) is 13.1 Å². The molecule has 0 aliphatic rings. The van der Waals surface area contributed by atoms with Crippen LogP contribution in [0.15, 0.2) is 97.8 Å². The summed E-state index contributed by atoms with van der Waals surface area (Å²) >= 11 is 6.42. The summed E-state index contributed by atoms with van der Waals surface area (Å²) < 4.78 is 16.0. The van der Waals surface area contributed by atoms with E-state index in [-0.39, 0.29) is 11.0 Å². The van der Waals surface area contributed by atoms with E-state index in [2.05, 4.69) is 31.7 Å². The minimum atomic E-state index is -0.575. The molecule has 0 aliphatic carbocycles. The van der Waals surface area contributed by atoms with Crippen molar-refractivity contribution in [1.82, 2.24) is 19.5 Å². The van der Waals surface area contributed by atoms with Crippen LogP contribution in [0.4, 0.5) is 15.9 Å². The topological polar surface area (TPSA) is 75.9 Å². The van der Waals surface area contributed by atoms with Gasteiger partial charge in [-0.15, -0.1) is 0 Å². The third-order valence-corrected chi connectivity index (χ3v) is 5.92. The van der Waals surface area contributed by atoms with Crippen LogP contribution in [-0.4, -0.2) is 25.4 Å². The Balaban J connectivity index is 1.60. The van der Waals surface area contributed by atoms with Gasteiger partial charge in [0.05, 0.1) is 11.4 Å². The number of hydrogen-bond donors (Lipinski definition) is 1. The summed E-state index contributed by atoms with van der Waals surface area (Å²) in [6.45, 7) is 4.55. The Kier molecular flexibility index (Phi) is 6.91. The monoisotopic (exact) mass is 512 g/mol. The SMILES string of the molecule is C=CC(=O)Nc1cc(-n2cnc3c(N(Cc4ccccc4)Cc4ccccc4)nc(Cl)nc32)ccc1F. The number of benzene rings is 3. The van der Waals surface area contributed by atoms with E-state index in [0.29, 0.717) is 35.8 Å². The summed E-state index contributed by atoms with van der Waals surface area (Å²) in [6, 6.07) is 24.4. The molecular formula is C28H22ClFN6O. The van der Waals surface area contributed by atoms with Crippen molar-refractivity contribution < 1.29 is 9.18 Å². The zero-order chi connectivity index (χ0) is 25.8. The lowest BCUT2D eigenvalue weighted by molar-refractivity contribution is -0.111. The molecule has 9 heteroatoms. The van der Waals surface area contributed by atoms with Crippen LogP contribution in [0.2, 0.25) is 5.28 Å². The van der Waals surface area contributed by atoms with Gasteiger partial charge in [-0.25, -0.2) is 9.37 Å². The first-order chi connectivity index (χ1) is 18.0. The molecule has 7 nitrogen and oxygen atoms in total. The Morgan fingerprint density at radius 2 is 1.65 bits per heavy atom. The molecule has 0 bridgehead atoms. The molecule has 0 atom stereocenters. The van der Waals surface area contributed by atoms with E-state index >= 15 is 0 Å². The van der Waals surface area contributed by atoms with Gasteiger partial charge in [0.1, 0.15) is 12.1 Å². The van der Waals surface area contributed by atoms with E-state index in [1.165, 1.54) is 12.1 Å². The number of amides is 1. The summed E-state index contributed by atoms with van der Waals surface area (Å²) in [4.78, 5) is 27.4. The van der Waals surface area contributed by atoms with Crippen molar-refractivity contribution in [1.29, 1.82) is 0 Å². The fourth-order valence-corrected chi connectivity index (χ4v) is 4.18. The predicted molar refractivity (Wildman–Crippen MR) is 143 cm³/mol. The number of fused-ring (bicyclic) bond motifs is 1. The molecule has 5 rings (SSSR count). The maximum Gasteiger partial charge on any atom is 0.247 e. The summed E-state index contributed by atoms with van der Waals surface area (Å²) in [5.74, 6) is -0.519. The molecule has 0 aliphatic heterocycles. The Labute approximate surface area is 217 Å². The highest BCUT2D eigenvalue weighted by molar-refractivity contribution is 6.28. The molecule has 2 aromatic heterocycles. The Hall–Kier alpha value is -4.56. The van der Waals surface area contributed by atoms with Crippen LogP contribution in [0.1, 0.15) is 11.1 Å². The second-order valence-corrected chi connectivity index (χ2v) is 8.63. The molecule has 0 fully saturated rings. The maximum absolute atomic E-state index is 14.3. The van der Waals surface area contributed by atoms with Crippen molar-refractivity contribution in [3.05, 3.63) is 120 Å². The number of imidazole rings is 1. The number of rotatable bonds is 8. The average molecular weight is 513 g/mol. The van der Waals surface area contributed by atoms with Gasteiger partial charge in [0, 0.05) is 13.1 Å². The molecule has 0 saturated carbocycles. The van der Waals surface area contributed by atoms with Crippen LogP contribution in [0, 0.1) is 5.82 Å². The minimum absolute atomic E-state index is 0.0133. The molecule has 0 radical (unpaired) electrons. The van der Waals surface area contributed by atoms with Gasteiger partial charge in [-0.2, -0.15) is 9.97 Å². The van der Waals surface area contributed by atoms with Crippen LogP contribution in [0.3, 0.4) is 0 Å². The van der Waals surface area contributed by atoms with Gasteiger partial charge in [-0.05, 0) is 47.0 Å². The van der Waals surface area contributed by atoms with E-state index < -0.39 is 11.7 Å². The van der Waals surface area contributed by atoms with Crippen LogP contribution < -0.4 is 10.2 Å². The second kappa shape index (κ2) is 10.6. The highest BCUT2D eigenvalue weighted by Gasteiger charge is 2.20. The first kappa shape index (κ1) is 24.1. The fourth-order valence-electron chi connectivity index (χ4n) is 4.02. The highest BCUT2D eigenvalue weighted by atomic mass is 35.5. The number of nitrogens with one attached hydrogen (secondary N) is 1. The van der Waals surface area contributed by atoms with E-state index in [4.69, 9.17) is 11.6 Å². The lowest BCUT2D eigenvalue weighted by Gasteiger charge is -2.24. The molecule has 5 aromatic rings. The molecular weight excluding hydrogens is 491 g/mol. The number of anilines is 2. The standard InChI is InChI=1S/C28H22ClFN6O/c1-2-24(37)32-23-15-21(13-14-22(23)30)36-18-31-25-26(33-28(29)34-27(25)36)35(16-19-9-5-3-6-10-19)17-20-11-7-4-8-12-20/h2-15,18H,1,16-17H2,(H,32,37). The lowest BCUT2D eigenvalue weighted by Crippen LogP contribution is -2.24. The minimum Gasteiger partial charge on any atom is -0.346 e. The van der Waals surface area contributed by atoms with Gasteiger partial charge >= 0.3 is 0 Å². The van der Waals surface area contributed by atoms with Crippen molar-refractivity contribution in [2.24, 2.45) is 0 Å². The van der Waals surface area contributed by atoms with Crippen molar-refractivity contribution in [3.8, 4) is 5.69 Å². The molecule has 0 saturated heterocycles. The zero-order valence-electron chi connectivity index (χ0n) is 19.7. The van der Waals surface area contributed by atoms with Gasteiger partial charge in [-0.3, -0.25) is 9.36 Å². The number of carbonyl (C=O) groups excluding carboxylic acids is 1. The summed E-state index contributed by atoms with van der Waals surface area (Å²) in [6.07, 6.45) is 2.65. The first-order valence-electron chi connectivity index (χ1n) is 11.5. The summed E-state index contributed by atoms with van der Waals surface area (Å²) in [7, 11) is 0. The molecule has 2 heterocycles.